The molecule has 4 atom stereocenters. The fourth-order valence-electron chi connectivity index (χ4n) is 3.89. The van der Waals surface area contributed by atoms with Crippen LogP contribution in [0.4, 0.5) is 0 Å². The van der Waals surface area contributed by atoms with E-state index in [1.807, 2.05) is 6.92 Å². The third-order valence-corrected chi connectivity index (χ3v) is 5.76. The number of hydrogen-bond donors (Lipinski definition) is 1. The van der Waals surface area contributed by atoms with Crippen LogP contribution in [0.3, 0.4) is 0 Å². The van der Waals surface area contributed by atoms with Gasteiger partial charge in [0.2, 0.25) is 6.29 Å². The molecule has 1 aliphatic carbocycles. The van der Waals surface area contributed by atoms with Gasteiger partial charge in [-0.25, -0.2) is 10.1 Å². The number of ether oxygens (including phenoxy) is 2. The van der Waals surface area contributed by atoms with Gasteiger partial charge in [-0.05, 0) is 77.4 Å². The van der Waals surface area contributed by atoms with Crippen molar-refractivity contribution in [3.05, 3.63) is 34.4 Å². The Hall–Kier alpha value is -0.940. The normalized spacial score (nSPS) is 42.3. The zero-order valence-electron chi connectivity index (χ0n) is 15.3. The second-order valence-corrected chi connectivity index (χ2v) is 7.76. The molecule has 4 nitrogen and oxygen atoms in total. The van der Waals surface area contributed by atoms with E-state index in [9.17, 15) is 0 Å². The first-order valence-corrected chi connectivity index (χ1v) is 9.09. The summed E-state index contributed by atoms with van der Waals surface area (Å²) in [5.74, 6) is 0. The summed E-state index contributed by atoms with van der Waals surface area (Å²) in [6.45, 7) is 8.58. The van der Waals surface area contributed by atoms with Gasteiger partial charge in [-0.3, -0.25) is 0 Å². The molecule has 1 unspecified atom stereocenters. The zero-order valence-corrected chi connectivity index (χ0v) is 15.3. The standard InChI is InChI=1S/C20H30O4/c1-13-6-5-11-20(4)18(23-20)10-8-14(2)12-17-16(9-7-13)15(3)19(22-17)24-21/h6,12,17-19,21H,5,7-11H2,1-4H3/b13-6+,14-12+/t17-,18-,19?,20-/m0/s1. The minimum absolute atomic E-state index is 0.0719. The highest BCUT2D eigenvalue weighted by atomic mass is 17.1. The highest BCUT2D eigenvalue weighted by molar-refractivity contribution is 5.30. The van der Waals surface area contributed by atoms with Gasteiger partial charge in [0.25, 0.3) is 0 Å². The van der Waals surface area contributed by atoms with E-state index in [1.54, 1.807) is 0 Å². The summed E-state index contributed by atoms with van der Waals surface area (Å²) < 4.78 is 11.8. The van der Waals surface area contributed by atoms with E-state index in [2.05, 4.69) is 37.8 Å². The van der Waals surface area contributed by atoms with Crippen molar-refractivity contribution in [1.82, 2.24) is 0 Å². The lowest BCUT2D eigenvalue weighted by molar-refractivity contribution is -0.330. The van der Waals surface area contributed by atoms with E-state index in [0.717, 1.165) is 44.1 Å². The Morgan fingerprint density at radius 3 is 2.71 bits per heavy atom. The quantitative estimate of drug-likeness (QED) is 0.320. The molecule has 3 aliphatic rings. The van der Waals surface area contributed by atoms with Crippen molar-refractivity contribution in [1.29, 1.82) is 0 Å². The predicted molar refractivity (Wildman–Crippen MR) is 93.6 cm³/mol. The molecule has 1 saturated heterocycles. The van der Waals surface area contributed by atoms with Crippen molar-refractivity contribution in [2.45, 2.75) is 90.3 Å². The molecule has 3 rings (SSSR count). The average molecular weight is 334 g/mol. The van der Waals surface area contributed by atoms with Crippen LogP contribution in [0.1, 0.15) is 66.2 Å². The summed E-state index contributed by atoms with van der Waals surface area (Å²) in [6.07, 6.45) is 10.4. The molecular formula is C20H30O4. The molecule has 0 aromatic carbocycles. The van der Waals surface area contributed by atoms with Crippen LogP contribution < -0.4 is 0 Å². The molecule has 134 valence electrons. The highest BCUT2D eigenvalue weighted by Gasteiger charge is 2.50. The van der Waals surface area contributed by atoms with Crippen LogP contribution in [0.2, 0.25) is 0 Å². The van der Waals surface area contributed by atoms with E-state index in [4.69, 9.17) is 14.7 Å². The van der Waals surface area contributed by atoms with Gasteiger partial charge in [-0.15, -0.1) is 0 Å². The van der Waals surface area contributed by atoms with Crippen molar-refractivity contribution < 1.29 is 19.6 Å². The Bertz CT molecular complexity index is 574. The highest BCUT2D eigenvalue weighted by Crippen LogP contribution is 2.44. The Kier molecular flexibility index (Phi) is 5.30. The number of hydrogen-bond acceptors (Lipinski definition) is 4. The minimum Gasteiger partial charge on any atom is -0.366 e. The van der Waals surface area contributed by atoms with E-state index in [1.165, 1.54) is 16.7 Å². The topological polar surface area (TPSA) is 51.2 Å². The second kappa shape index (κ2) is 7.12. The summed E-state index contributed by atoms with van der Waals surface area (Å²) in [6, 6.07) is 0. The van der Waals surface area contributed by atoms with Crippen LogP contribution in [-0.4, -0.2) is 29.4 Å². The SMILES string of the molecule is CC1=C2CC/C(C)=C/CC[C@]3(C)O[C@H]3CC/C(C)=C/[C@@H]2OC1OO. The Labute approximate surface area is 145 Å². The van der Waals surface area contributed by atoms with Crippen molar-refractivity contribution in [3.8, 4) is 0 Å². The lowest BCUT2D eigenvalue weighted by Gasteiger charge is -2.14. The van der Waals surface area contributed by atoms with E-state index >= 15 is 0 Å². The molecule has 0 bridgehead atoms. The summed E-state index contributed by atoms with van der Waals surface area (Å²) in [7, 11) is 0. The summed E-state index contributed by atoms with van der Waals surface area (Å²) in [5.41, 5.74) is 5.03. The van der Waals surface area contributed by atoms with Gasteiger partial charge >= 0.3 is 0 Å². The number of allylic oxidation sites excluding steroid dienone is 3. The van der Waals surface area contributed by atoms with Crippen molar-refractivity contribution >= 4 is 0 Å². The fraction of sp³-hybridized carbons (Fsp3) is 0.700. The molecule has 0 spiro atoms. The van der Waals surface area contributed by atoms with Crippen molar-refractivity contribution in [2.24, 2.45) is 0 Å². The first-order chi connectivity index (χ1) is 11.4. The number of fused-ring (bicyclic) bond motifs is 2. The van der Waals surface area contributed by atoms with Gasteiger partial charge in [0.1, 0.15) is 6.10 Å². The van der Waals surface area contributed by atoms with Gasteiger partial charge in [-0.1, -0.05) is 23.3 Å². The average Bonchev–Trinajstić information content (AvgIpc) is 3.09. The third-order valence-electron chi connectivity index (χ3n) is 5.76. The predicted octanol–water partition coefficient (Wildman–Crippen LogP) is 4.92. The maximum absolute atomic E-state index is 9.08. The molecule has 0 saturated carbocycles. The molecule has 2 aliphatic heterocycles. The summed E-state index contributed by atoms with van der Waals surface area (Å²) in [5, 5.41) is 9.08. The van der Waals surface area contributed by atoms with Crippen LogP contribution in [0.25, 0.3) is 0 Å². The Balaban J connectivity index is 1.80. The molecule has 4 heteroatoms. The smallest absolute Gasteiger partial charge is 0.214 e. The minimum atomic E-state index is -0.635. The van der Waals surface area contributed by atoms with Crippen LogP contribution >= 0.6 is 0 Å². The molecule has 0 amide bonds. The fourth-order valence-corrected chi connectivity index (χ4v) is 3.89. The van der Waals surface area contributed by atoms with Crippen molar-refractivity contribution in [2.75, 3.05) is 0 Å². The maximum atomic E-state index is 9.08. The third kappa shape index (κ3) is 3.83. The van der Waals surface area contributed by atoms with E-state index in [0.29, 0.717) is 6.10 Å². The second-order valence-electron chi connectivity index (χ2n) is 7.76. The summed E-state index contributed by atoms with van der Waals surface area (Å²) >= 11 is 0. The first-order valence-electron chi connectivity index (χ1n) is 9.09. The number of epoxide rings is 1. The summed E-state index contributed by atoms with van der Waals surface area (Å²) in [4.78, 5) is 4.50. The molecule has 24 heavy (non-hydrogen) atoms. The first kappa shape index (κ1) is 17.9. The van der Waals surface area contributed by atoms with Gasteiger partial charge in [0.05, 0.1) is 11.7 Å². The molecule has 2 heterocycles. The van der Waals surface area contributed by atoms with Gasteiger partial charge in [0.15, 0.2) is 0 Å². The molecular weight excluding hydrogens is 304 g/mol. The molecule has 0 radical (unpaired) electrons. The molecule has 1 N–H and O–H groups in total. The maximum Gasteiger partial charge on any atom is 0.214 e. The van der Waals surface area contributed by atoms with Crippen LogP contribution in [0.15, 0.2) is 34.4 Å². The van der Waals surface area contributed by atoms with Crippen LogP contribution in [0.5, 0.6) is 0 Å². The largest absolute Gasteiger partial charge is 0.366 e. The van der Waals surface area contributed by atoms with Crippen LogP contribution in [0, 0.1) is 0 Å². The van der Waals surface area contributed by atoms with Gasteiger partial charge in [0, 0.05) is 0 Å². The molecule has 1 fully saturated rings. The van der Waals surface area contributed by atoms with Crippen LogP contribution in [-0.2, 0) is 14.4 Å². The van der Waals surface area contributed by atoms with E-state index in [-0.39, 0.29) is 11.7 Å². The zero-order chi connectivity index (χ0) is 17.3. The van der Waals surface area contributed by atoms with Crippen molar-refractivity contribution in [3.63, 3.8) is 0 Å². The number of rotatable bonds is 1. The Morgan fingerprint density at radius 1 is 1.17 bits per heavy atom. The molecule has 0 aromatic heterocycles. The van der Waals surface area contributed by atoms with Gasteiger partial charge < -0.3 is 9.47 Å². The lowest BCUT2D eigenvalue weighted by atomic mass is 9.93. The molecule has 0 aromatic rings. The van der Waals surface area contributed by atoms with Gasteiger partial charge in [-0.2, -0.15) is 0 Å². The lowest BCUT2D eigenvalue weighted by Crippen LogP contribution is -2.15. The van der Waals surface area contributed by atoms with E-state index < -0.39 is 6.29 Å². The monoisotopic (exact) mass is 334 g/mol. The Morgan fingerprint density at radius 2 is 1.96 bits per heavy atom.